The van der Waals surface area contributed by atoms with Gasteiger partial charge in [0.05, 0.1) is 5.69 Å². The van der Waals surface area contributed by atoms with Gasteiger partial charge in [-0.25, -0.2) is 4.68 Å². The van der Waals surface area contributed by atoms with Crippen LogP contribution in [0.5, 0.6) is 0 Å². The minimum Gasteiger partial charge on any atom is -0.393 e. The molecular formula is C9H17N3O. The zero-order valence-electron chi connectivity index (χ0n) is 8.66. The third kappa shape index (κ3) is 1.36. The van der Waals surface area contributed by atoms with Gasteiger partial charge in [0.2, 0.25) is 0 Å². The van der Waals surface area contributed by atoms with E-state index < -0.39 is 0 Å². The van der Waals surface area contributed by atoms with E-state index in [4.69, 9.17) is 5.73 Å². The first kappa shape index (κ1) is 9.89. The number of hydrogen-bond acceptors (Lipinski definition) is 2. The average Bonchev–Trinajstić information content (AvgIpc) is 2.29. The lowest BCUT2D eigenvalue weighted by atomic mass is 10.4. The number of aromatic nitrogens is 2. The van der Waals surface area contributed by atoms with Crippen molar-refractivity contribution in [2.24, 2.45) is 0 Å². The molecule has 0 amide bonds. The average molecular weight is 183 g/mol. The molecule has 0 radical (unpaired) electrons. The van der Waals surface area contributed by atoms with Crippen molar-refractivity contribution in [3.63, 3.8) is 0 Å². The topological polar surface area (TPSA) is 52.9 Å². The van der Waals surface area contributed by atoms with E-state index in [0.29, 0.717) is 5.69 Å². The van der Waals surface area contributed by atoms with Crippen LogP contribution < -0.4 is 11.3 Å². The van der Waals surface area contributed by atoms with E-state index in [-0.39, 0.29) is 11.6 Å². The molecule has 0 aliphatic rings. The molecule has 74 valence electrons. The van der Waals surface area contributed by atoms with Gasteiger partial charge in [-0.15, -0.1) is 0 Å². The highest BCUT2D eigenvalue weighted by Gasteiger charge is 2.14. The maximum Gasteiger partial charge on any atom is 0.290 e. The Labute approximate surface area is 77.9 Å². The van der Waals surface area contributed by atoms with Gasteiger partial charge in [-0.05, 0) is 27.7 Å². The smallest absolute Gasteiger partial charge is 0.290 e. The Morgan fingerprint density at radius 2 is 2.00 bits per heavy atom. The summed E-state index contributed by atoms with van der Waals surface area (Å²) < 4.78 is 3.62. The first-order chi connectivity index (χ1) is 6.00. The second-order valence-corrected chi connectivity index (χ2v) is 3.46. The van der Waals surface area contributed by atoms with Crippen LogP contribution in [0.3, 0.4) is 0 Å². The van der Waals surface area contributed by atoms with E-state index in [1.807, 2.05) is 32.4 Å². The Hall–Kier alpha value is -1.19. The summed E-state index contributed by atoms with van der Waals surface area (Å²) in [6.45, 7) is 8.61. The first-order valence-corrected chi connectivity index (χ1v) is 4.58. The fourth-order valence-electron chi connectivity index (χ4n) is 1.59. The fourth-order valence-corrected chi connectivity index (χ4v) is 1.59. The van der Waals surface area contributed by atoms with Crippen molar-refractivity contribution in [3.8, 4) is 0 Å². The highest BCUT2D eigenvalue weighted by Crippen LogP contribution is 2.10. The van der Waals surface area contributed by atoms with Crippen LogP contribution in [0, 0.1) is 6.92 Å². The van der Waals surface area contributed by atoms with Gasteiger partial charge >= 0.3 is 0 Å². The minimum absolute atomic E-state index is 0.0747. The van der Waals surface area contributed by atoms with Crippen LogP contribution in [0.2, 0.25) is 0 Å². The molecule has 1 rings (SSSR count). The lowest BCUT2D eigenvalue weighted by Gasteiger charge is -2.13. The van der Waals surface area contributed by atoms with Crippen molar-refractivity contribution >= 4 is 5.69 Å². The van der Waals surface area contributed by atoms with E-state index in [1.165, 1.54) is 0 Å². The molecule has 0 aliphatic heterocycles. The van der Waals surface area contributed by atoms with Gasteiger partial charge in [0.15, 0.2) is 0 Å². The maximum atomic E-state index is 11.6. The Morgan fingerprint density at radius 3 is 2.31 bits per heavy atom. The summed E-state index contributed by atoms with van der Waals surface area (Å²) in [6, 6.07) is 0.156. The molecule has 0 spiro atoms. The zero-order valence-corrected chi connectivity index (χ0v) is 8.66. The van der Waals surface area contributed by atoms with Crippen LogP contribution in [0.1, 0.15) is 32.5 Å². The van der Waals surface area contributed by atoms with Crippen molar-refractivity contribution in [1.29, 1.82) is 0 Å². The third-order valence-corrected chi connectivity index (χ3v) is 2.26. The highest BCUT2D eigenvalue weighted by atomic mass is 16.1. The predicted octanol–water partition coefficient (Wildman–Crippen LogP) is 1.14. The SMILES string of the molecule is CCn1c(C)c(N)c(=O)n1C(C)C. The quantitative estimate of drug-likeness (QED) is 0.747. The van der Waals surface area contributed by atoms with E-state index in [1.54, 1.807) is 4.68 Å². The molecule has 1 heterocycles. The second-order valence-electron chi connectivity index (χ2n) is 3.46. The molecule has 13 heavy (non-hydrogen) atoms. The normalized spacial score (nSPS) is 11.2. The summed E-state index contributed by atoms with van der Waals surface area (Å²) in [5.41, 5.74) is 6.82. The van der Waals surface area contributed by atoms with Gasteiger partial charge in [0.25, 0.3) is 5.56 Å². The summed E-state index contributed by atoms with van der Waals surface area (Å²) in [4.78, 5) is 11.6. The minimum atomic E-state index is -0.0747. The summed E-state index contributed by atoms with van der Waals surface area (Å²) in [6.07, 6.45) is 0. The number of nitrogens with zero attached hydrogens (tertiary/aromatic N) is 2. The van der Waals surface area contributed by atoms with Gasteiger partial charge in [-0.2, -0.15) is 0 Å². The second kappa shape index (κ2) is 3.28. The largest absolute Gasteiger partial charge is 0.393 e. The van der Waals surface area contributed by atoms with Crippen LogP contribution in [-0.4, -0.2) is 9.36 Å². The molecule has 0 saturated heterocycles. The van der Waals surface area contributed by atoms with Crippen LogP contribution >= 0.6 is 0 Å². The number of anilines is 1. The van der Waals surface area contributed by atoms with E-state index >= 15 is 0 Å². The van der Waals surface area contributed by atoms with Crippen LogP contribution in [0.15, 0.2) is 4.79 Å². The van der Waals surface area contributed by atoms with Crippen molar-refractivity contribution in [2.45, 2.75) is 40.3 Å². The molecule has 0 atom stereocenters. The number of nitrogens with two attached hydrogens (primary N) is 1. The lowest BCUT2D eigenvalue weighted by Crippen LogP contribution is -2.25. The third-order valence-electron chi connectivity index (χ3n) is 2.26. The maximum absolute atomic E-state index is 11.6. The highest BCUT2D eigenvalue weighted by molar-refractivity contribution is 5.40. The number of hydrogen-bond donors (Lipinski definition) is 1. The lowest BCUT2D eigenvalue weighted by molar-refractivity contribution is 0.404. The number of rotatable bonds is 2. The summed E-state index contributed by atoms with van der Waals surface area (Å²) in [5, 5.41) is 0. The van der Waals surface area contributed by atoms with Gasteiger partial charge < -0.3 is 5.73 Å². The molecule has 0 aliphatic carbocycles. The summed E-state index contributed by atoms with van der Waals surface area (Å²) in [7, 11) is 0. The fraction of sp³-hybridized carbons (Fsp3) is 0.667. The van der Waals surface area contributed by atoms with Gasteiger partial charge in [-0.3, -0.25) is 9.48 Å². The van der Waals surface area contributed by atoms with Gasteiger partial charge in [0, 0.05) is 12.6 Å². The monoisotopic (exact) mass is 183 g/mol. The van der Waals surface area contributed by atoms with E-state index in [0.717, 1.165) is 12.2 Å². The van der Waals surface area contributed by atoms with Crippen LogP contribution in [-0.2, 0) is 6.54 Å². The molecule has 0 saturated carbocycles. The molecule has 4 nitrogen and oxygen atoms in total. The van der Waals surface area contributed by atoms with Crippen molar-refractivity contribution in [2.75, 3.05) is 5.73 Å². The number of nitrogen functional groups attached to an aromatic ring is 1. The van der Waals surface area contributed by atoms with Gasteiger partial charge in [0.1, 0.15) is 5.69 Å². The standard InChI is InChI=1S/C9H17N3O/c1-5-11-7(4)8(10)9(13)12(11)6(2)3/h6H,5,10H2,1-4H3. The summed E-state index contributed by atoms with van der Waals surface area (Å²) in [5.74, 6) is 0. The Morgan fingerprint density at radius 1 is 1.46 bits per heavy atom. The Kier molecular flexibility index (Phi) is 2.50. The predicted molar refractivity (Wildman–Crippen MR) is 53.9 cm³/mol. The van der Waals surface area contributed by atoms with Crippen molar-refractivity contribution in [1.82, 2.24) is 9.36 Å². The molecule has 0 unspecified atom stereocenters. The summed E-state index contributed by atoms with van der Waals surface area (Å²) >= 11 is 0. The van der Waals surface area contributed by atoms with Crippen molar-refractivity contribution < 1.29 is 0 Å². The molecule has 0 fully saturated rings. The molecule has 4 heteroatoms. The molecule has 0 bridgehead atoms. The Bertz CT molecular complexity index is 360. The molecule has 1 aromatic heterocycles. The van der Waals surface area contributed by atoms with Crippen LogP contribution in [0.25, 0.3) is 0 Å². The zero-order chi connectivity index (χ0) is 10.2. The molecule has 1 aromatic rings. The molecule has 0 aromatic carbocycles. The van der Waals surface area contributed by atoms with Crippen molar-refractivity contribution in [3.05, 3.63) is 16.0 Å². The van der Waals surface area contributed by atoms with Gasteiger partial charge in [-0.1, -0.05) is 0 Å². The van der Waals surface area contributed by atoms with Crippen LogP contribution in [0.4, 0.5) is 5.69 Å². The first-order valence-electron chi connectivity index (χ1n) is 4.58. The van der Waals surface area contributed by atoms with E-state index in [2.05, 4.69) is 0 Å². The Balaban J connectivity index is 3.48. The molecular weight excluding hydrogens is 166 g/mol. The van der Waals surface area contributed by atoms with E-state index in [9.17, 15) is 4.79 Å². The molecule has 2 N–H and O–H groups in total.